The highest BCUT2D eigenvalue weighted by Crippen LogP contribution is 1.80. The molecule has 0 radical (unpaired) electrons. The van der Waals surface area contributed by atoms with Crippen molar-refractivity contribution in [1.82, 2.24) is 4.72 Å². The van der Waals surface area contributed by atoms with Gasteiger partial charge in [-0.25, -0.2) is 4.72 Å². The summed E-state index contributed by atoms with van der Waals surface area (Å²) in [5.41, 5.74) is 0. The molecule has 0 aromatic heterocycles. The van der Waals surface area contributed by atoms with Crippen molar-refractivity contribution in [2.24, 2.45) is 0 Å². The smallest absolute Gasteiger partial charge is 0.360 e. The lowest BCUT2D eigenvalue weighted by molar-refractivity contribution is 0.325. The van der Waals surface area contributed by atoms with Crippen molar-refractivity contribution in [1.29, 1.82) is 0 Å². The van der Waals surface area contributed by atoms with Crippen LogP contribution in [0, 0.1) is 0 Å². The zero-order valence-corrected chi connectivity index (χ0v) is 6.83. The minimum atomic E-state index is -4.26. The molecule has 5 nitrogen and oxygen atoms in total. The molecule has 0 rings (SSSR count). The Labute approximate surface area is 64.3 Å². The third-order valence-corrected chi connectivity index (χ3v) is 1.28. The van der Waals surface area contributed by atoms with Gasteiger partial charge in [0.25, 0.3) is 5.17 Å². The van der Waals surface area contributed by atoms with Gasteiger partial charge in [-0.1, -0.05) is 0 Å². The summed E-state index contributed by atoms with van der Waals surface area (Å²) in [7, 11) is -4.26. The summed E-state index contributed by atoms with van der Waals surface area (Å²) in [5, 5.41) is -0.356. The van der Waals surface area contributed by atoms with Gasteiger partial charge in [-0.15, -0.1) is 0 Å². The van der Waals surface area contributed by atoms with Gasteiger partial charge >= 0.3 is 10.3 Å². The fraction of sp³-hybridized carbons (Fsp3) is 0.667. The molecule has 0 aliphatic rings. The quantitative estimate of drug-likeness (QED) is 0.456. The molecular formula is C3H7NO4S2. The molecule has 0 fully saturated rings. The first-order chi connectivity index (χ1) is 4.45. The maximum atomic E-state index is 9.99. The fourth-order valence-corrected chi connectivity index (χ4v) is 0.969. The van der Waals surface area contributed by atoms with E-state index in [4.69, 9.17) is 4.55 Å². The van der Waals surface area contributed by atoms with E-state index >= 15 is 0 Å². The normalized spacial score (nSPS) is 10.6. The average Bonchev–Trinajstić information content (AvgIpc) is 1.59. The largest absolute Gasteiger partial charge is 0.471 e. The molecule has 0 heterocycles. The molecule has 0 spiro atoms. The van der Waals surface area contributed by atoms with Gasteiger partial charge in [-0.3, -0.25) is 4.55 Å². The standard InChI is InChI=1S/C3H7NO4S2/c1-2-8-3(9)4-10(5,6)7/h2H2,1H3,(H,4,9)(H,5,6,7). The van der Waals surface area contributed by atoms with Crippen LogP contribution in [0.25, 0.3) is 0 Å². The summed E-state index contributed by atoms with van der Waals surface area (Å²) in [4.78, 5) is 0. The van der Waals surface area contributed by atoms with Crippen LogP contribution in [0.1, 0.15) is 6.92 Å². The molecule has 10 heavy (non-hydrogen) atoms. The number of nitrogens with one attached hydrogen (secondary N) is 1. The molecule has 0 aromatic rings. The van der Waals surface area contributed by atoms with Crippen LogP contribution < -0.4 is 4.72 Å². The molecule has 0 unspecified atom stereocenters. The predicted octanol–water partition coefficient (Wildman–Crippen LogP) is -0.300. The maximum absolute atomic E-state index is 9.99. The molecule has 0 saturated heterocycles. The Balaban J connectivity index is 3.82. The van der Waals surface area contributed by atoms with Gasteiger partial charge in [0.15, 0.2) is 0 Å². The van der Waals surface area contributed by atoms with Crippen molar-refractivity contribution < 1.29 is 17.7 Å². The lowest BCUT2D eigenvalue weighted by Crippen LogP contribution is -2.29. The van der Waals surface area contributed by atoms with Crippen molar-refractivity contribution in [2.75, 3.05) is 6.61 Å². The van der Waals surface area contributed by atoms with Gasteiger partial charge in [-0.2, -0.15) is 8.42 Å². The Morgan fingerprint density at radius 1 is 1.80 bits per heavy atom. The molecule has 60 valence electrons. The van der Waals surface area contributed by atoms with Gasteiger partial charge < -0.3 is 4.74 Å². The van der Waals surface area contributed by atoms with Crippen LogP contribution in [-0.2, 0) is 15.0 Å². The molecule has 7 heteroatoms. The number of ether oxygens (including phenoxy) is 1. The minimum absolute atomic E-state index is 0.251. The molecule has 0 atom stereocenters. The summed E-state index contributed by atoms with van der Waals surface area (Å²) in [6.07, 6.45) is 0. The van der Waals surface area contributed by atoms with E-state index in [9.17, 15) is 8.42 Å². The minimum Gasteiger partial charge on any atom is -0.471 e. The molecule has 0 aliphatic carbocycles. The highest BCUT2D eigenvalue weighted by Gasteiger charge is 2.05. The first kappa shape index (κ1) is 9.60. The average molecular weight is 185 g/mol. The van der Waals surface area contributed by atoms with Crippen LogP contribution >= 0.6 is 12.2 Å². The summed E-state index contributed by atoms with van der Waals surface area (Å²) in [6.45, 7) is 1.89. The summed E-state index contributed by atoms with van der Waals surface area (Å²) >= 11 is 4.33. The number of hydrogen-bond donors (Lipinski definition) is 2. The van der Waals surface area contributed by atoms with E-state index in [2.05, 4.69) is 17.0 Å². The summed E-state index contributed by atoms with van der Waals surface area (Å²) < 4.78 is 34.2. The monoisotopic (exact) mass is 185 g/mol. The predicted molar refractivity (Wildman–Crippen MR) is 38.9 cm³/mol. The number of hydrogen-bond acceptors (Lipinski definition) is 4. The topological polar surface area (TPSA) is 75.6 Å². The van der Waals surface area contributed by atoms with Crippen molar-refractivity contribution in [3.05, 3.63) is 0 Å². The molecule has 0 saturated carbocycles. The second kappa shape index (κ2) is 3.69. The SMILES string of the molecule is CCOC(=S)NS(=O)(=O)O. The Morgan fingerprint density at radius 2 is 2.30 bits per heavy atom. The van der Waals surface area contributed by atoms with Crippen LogP contribution in [0.4, 0.5) is 0 Å². The van der Waals surface area contributed by atoms with Crippen molar-refractivity contribution in [2.45, 2.75) is 6.92 Å². The first-order valence-corrected chi connectivity index (χ1v) is 4.22. The Kier molecular flexibility index (Phi) is 3.54. The Hall–Kier alpha value is -0.400. The first-order valence-electron chi connectivity index (χ1n) is 2.37. The van der Waals surface area contributed by atoms with Crippen LogP contribution in [-0.4, -0.2) is 24.8 Å². The summed E-state index contributed by atoms with van der Waals surface area (Å²) in [6, 6.07) is 0. The van der Waals surface area contributed by atoms with Crippen LogP contribution in [0.3, 0.4) is 0 Å². The van der Waals surface area contributed by atoms with E-state index < -0.39 is 10.3 Å². The van der Waals surface area contributed by atoms with Gasteiger partial charge in [0.2, 0.25) is 0 Å². The lowest BCUT2D eigenvalue weighted by Gasteiger charge is -2.02. The van der Waals surface area contributed by atoms with E-state index in [1.807, 2.05) is 0 Å². The highest BCUT2D eigenvalue weighted by atomic mass is 32.2. The van der Waals surface area contributed by atoms with Gasteiger partial charge in [0, 0.05) is 0 Å². The number of thiocarbonyl (C=S) groups is 1. The van der Waals surface area contributed by atoms with E-state index in [-0.39, 0.29) is 11.8 Å². The van der Waals surface area contributed by atoms with E-state index in [1.54, 1.807) is 11.6 Å². The van der Waals surface area contributed by atoms with E-state index in [0.717, 1.165) is 0 Å². The molecule has 0 amide bonds. The third-order valence-electron chi connectivity index (χ3n) is 0.488. The van der Waals surface area contributed by atoms with Crippen molar-refractivity contribution >= 4 is 27.7 Å². The van der Waals surface area contributed by atoms with Gasteiger partial charge in [-0.05, 0) is 19.1 Å². The Bertz CT molecular complexity index is 209. The Morgan fingerprint density at radius 3 is 2.60 bits per heavy atom. The maximum Gasteiger partial charge on any atom is 0.360 e. The van der Waals surface area contributed by atoms with Gasteiger partial charge in [0.1, 0.15) is 0 Å². The third kappa shape index (κ3) is 5.73. The molecule has 0 aliphatic heterocycles. The van der Waals surface area contributed by atoms with E-state index in [1.165, 1.54) is 0 Å². The van der Waals surface area contributed by atoms with Gasteiger partial charge in [0.05, 0.1) is 6.61 Å². The van der Waals surface area contributed by atoms with Crippen molar-refractivity contribution in [3.8, 4) is 0 Å². The zero-order valence-electron chi connectivity index (χ0n) is 5.20. The second-order valence-corrected chi connectivity index (χ2v) is 2.82. The highest BCUT2D eigenvalue weighted by molar-refractivity contribution is 7.87. The molecule has 2 N–H and O–H groups in total. The van der Waals surface area contributed by atoms with Crippen LogP contribution in [0.5, 0.6) is 0 Å². The second-order valence-electron chi connectivity index (χ2n) is 1.30. The fourth-order valence-electron chi connectivity index (χ4n) is 0.266. The van der Waals surface area contributed by atoms with Crippen LogP contribution in [0.15, 0.2) is 0 Å². The number of rotatable bonds is 2. The van der Waals surface area contributed by atoms with Crippen LogP contribution in [0.2, 0.25) is 0 Å². The van der Waals surface area contributed by atoms with Crippen molar-refractivity contribution in [3.63, 3.8) is 0 Å². The van der Waals surface area contributed by atoms with E-state index in [0.29, 0.717) is 0 Å². The molecular weight excluding hydrogens is 178 g/mol. The lowest BCUT2D eigenvalue weighted by atomic mass is 10.9. The molecule has 0 aromatic carbocycles. The zero-order chi connectivity index (χ0) is 8.20. The summed E-state index contributed by atoms with van der Waals surface area (Å²) in [5.74, 6) is 0. The molecule has 0 bridgehead atoms.